The number of ether oxygens (including phenoxy) is 1. The molecule has 2 aromatic rings. The fourth-order valence-electron chi connectivity index (χ4n) is 3.50. The Morgan fingerprint density at radius 1 is 1.08 bits per heavy atom. The molecule has 0 aromatic heterocycles. The summed E-state index contributed by atoms with van der Waals surface area (Å²) >= 11 is 0. The second-order valence-electron chi connectivity index (χ2n) is 7.90. The van der Waals surface area contributed by atoms with Crippen LogP contribution in [-0.2, 0) is 19.2 Å². The summed E-state index contributed by atoms with van der Waals surface area (Å²) < 4.78 is 5.40. The molecule has 0 spiro atoms. The Kier molecular flexibility index (Phi) is 8.07. The van der Waals surface area contributed by atoms with E-state index < -0.39 is 41.9 Å². The normalized spacial score (nSPS) is 17.0. The van der Waals surface area contributed by atoms with Crippen molar-refractivity contribution >= 4 is 29.5 Å². The maximum atomic E-state index is 12.6. The van der Waals surface area contributed by atoms with Crippen molar-refractivity contribution in [1.82, 2.24) is 10.2 Å². The van der Waals surface area contributed by atoms with Crippen molar-refractivity contribution in [3.63, 3.8) is 0 Å². The smallest absolute Gasteiger partial charge is 0.331 e. The van der Waals surface area contributed by atoms with Crippen molar-refractivity contribution in [2.45, 2.75) is 24.5 Å². The molecule has 0 bridgehead atoms. The minimum absolute atomic E-state index is 0.0516. The zero-order chi connectivity index (χ0) is 26.4. The summed E-state index contributed by atoms with van der Waals surface area (Å²) in [4.78, 5) is 48.8. The average Bonchev–Trinajstić information content (AvgIpc) is 2.85. The Morgan fingerprint density at radius 3 is 2.25 bits per heavy atom. The van der Waals surface area contributed by atoms with Crippen molar-refractivity contribution in [2.24, 2.45) is 10.9 Å². The first-order valence-electron chi connectivity index (χ1n) is 10.7. The first kappa shape index (κ1) is 26.0. The van der Waals surface area contributed by atoms with Crippen LogP contribution in [0.2, 0.25) is 0 Å². The van der Waals surface area contributed by atoms with Gasteiger partial charge in [-0.1, -0.05) is 17.3 Å². The molecule has 2 amide bonds. The third-order valence-electron chi connectivity index (χ3n) is 5.48. The number of nitrogens with one attached hydrogen (secondary N) is 1. The van der Waals surface area contributed by atoms with Gasteiger partial charge in [-0.05, 0) is 42.0 Å². The second-order valence-corrected chi connectivity index (χ2v) is 7.90. The maximum absolute atomic E-state index is 12.6. The number of nitrogens with zero attached hydrogens (tertiary/aromatic N) is 2. The lowest BCUT2D eigenvalue weighted by molar-refractivity contribution is -0.160. The van der Waals surface area contributed by atoms with E-state index in [4.69, 9.17) is 15.6 Å². The number of carbonyl (C=O) groups excluding carboxylic acids is 2. The molecule has 13 heteroatoms. The summed E-state index contributed by atoms with van der Waals surface area (Å²) in [6.07, 6.45) is 0.0880. The Hall–Kier alpha value is -4.65. The van der Waals surface area contributed by atoms with E-state index in [0.29, 0.717) is 5.75 Å². The Bertz CT molecular complexity index is 1170. The van der Waals surface area contributed by atoms with E-state index in [0.717, 1.165) is 4.90 Å². The summed E-state index contributed by atoms with van der Waals surface area (Å²) in [6.45, 7) is -0.0393. The molecule has 7 N–H and O–H groups in total. The average molecular weight is 500 g/mol. The Balaban J connectivity index is 1.59. The fourth-order valence-corrected chi connectivity index (χ4v) is 3.50. The molecule has 1 fully saturated rings. The highest BCUT2D eigenvalue weighted by molar-refractivity contribution is 6.45. The van der Waals surface area contributed by atoms with Gasteiger partial charge in [-0.3, -0.25) is 14.4 Å². The SMILES string of the molecule is N[C@@H](CCOc1ccc(C(=NO)C(=O)N[C@@H]2CN([C@H](C(=O)O)c3ccc(O)cc3)C2=O)cc1)C(=O)O. The number of oxime groups is 1. The van der Waals surface area contributed by atoms with Crippen molar-refractivity contribution in [3.8, 4) is 11.5 Å². The van der Waals surface area contributed by atoms with E-state index >= 15 is 0 Å². The quantitative estimate of drug-likeness (QED) is 0.104. The number of aromatic hydroxyl groups is 1. The molecule has 1 heterocycles. The van der Waals surface area contributed by atoms with Gasteiger partial charge in [0, 0.05) is 12.0 Å². The monoisotopic (exact) mass is 500 g/mol. The first-order chi connectivity index (χ1) is 17.1. The number of β-lactam (4-membered cyclic amide) rings is 1. The number of carbonyl (C=O) groups is 4. The van der Waals surface area contributed by atoms with Gasteiger partial charge in [0.05, 0.1) is 13.2 Å². The molecule has 3 atom stereocenters. The number of rotatable bonds is 11. The Morgan fingerprint density at radius 2 is 1.72 bits per heavy atom. The second kappa shape index (κ2) is 11.2. The minimum atomic E-state index is -1.30. The number of carboxylic acid groups (broad SMARTS) is 2. The van der Waals surface area contributed by atoms with Gasteiger partial charge < -0.3 is 41.2 Å². The van der Waals surface area contributed by atoms with Crippen LogP contribution in [0.25, 0.3) is 0 Å². The molecular formula is C23H24N4O9. The van der Waals surface area contributed by atoms with Crippen LogP contribution in [-0.4, -0.2) is 80.1 Å². The van der Waals surface area contributed by atoms with Crippen LogP contribution >= 0.6 is 0 Å². The van der Waals surface area contributed by atoms with Crippen LogP contribution in [0.3, 0.4) is 0 Å². The summed E-state index contributed by atoms with van der Waals surface area (Å²) in [7, 11) is 0. The third kappa shape index (κ3) is 5.88. The summed E-state index contributed by atoms with van der Waals surface area (Å²) in [5.74, 6) is -3.59. The highest BCUT2D eigenvalue weighted by Crippen LogP contribution is 2.28. The summed E-state index contributed by atoms with van der Waals surface area (Å²) in [6, 6.07) is 7.83. The minimum Gasteiger partial charge on any atom is -0.508 e. The molecule has 0 radical (unpaired) electrons. The first-order valence-corrected chi connectivity index (χ1v) is 10.7. The zero-order valence-electron chi connectivity index (χ0n) is 18.8. The molecule has 2 aromatic carbocycles. The van der Waals surface area contributed by atoms with E-state index in [9.17, 15) is 34.6 Å². The number of likely N-dealkylation sites (tertiary alicyclic amines) is 1. The van der Waals surface area contributed by atoms with Crippen LogP contribution in [0.4, 0.5) is 0 Å². The van der Waals surface area contributed by atoms with Crippen molar-refractivity contribution in [3.05, 3.63) is 59.7 Å². The Labute approximate surface area is 204 Å². The van der Waals surface area contributed by atoms with Gasteiger partial charge in [0.1, 0.15) is 23.6 Å². The van der Waals surface area contributed by atoms with Crippen LogP contribution in [0.15, 0.2) is 53.7 Å². The van der Waals surface area contributed by atoms with Crippen molar-refractivity contribution < 1.29 is 44.4 Å². The number of hydrogen-bond acceptors (Lipinski definition) is 9. The summed E-state index contributed by atoms with van der Waals surface area (Å²) in [5, 5.41) is 42.5. The number of aliphatic carboxylic acids is 2. The number of phenols is 1. The van der Waals surface area contributed by atoms with E-state index in [1.807, 2.05) is 0 Å². The highest BCUT2D eigenvalue weighted by Gasteiger charge is 2.45. The number of amides is 2. The van der Waals surface area contributed by atoms with E-state index in [1.165, 1.54) is 48.5 Å². The molecule has 1 aliphatic rings. The largest absolute Gasteiger partial charge is 0.508 e. The predicted molar refractivity (Wildman–Crippen MR) is 123 cm³/mol. The summed E-state index contributed by atoms with van der Waals surface area (Å²) in [5.41, 5.74) is 5.51. The molecule has 1 aliphatic heterocycles. The number of phenolic OH excluding ortho intramolecular Hbond substituents is 1. The molecular weight excluding hydrogens is 476 g/mol. The topological polar surface area (TPSA) is 212 Å². The van der Waals surface area contributed by atoms with E-state index in [-0.39, 0.29) is 42.2 Å². The molecule has 190 valence electrons. The molecule has 1 saturated heterocycles. The molecule has 0 unspecified atom stereocenters. The van der Waals surface area contributed by atoms with E-state index in [2.05, 4.69) is 10.5 Å². The maximum Gasteiger partial charge on any atom is 0.331 e. The van der Waals surface area contributed by atoms with Gasteiger partial charge in [0.25, 0.3) is 5.91 Å². The number of hydrogen-bond donors (Lipinski definition) is 6. The van der Waals surface area contributed by atoms with Crippen LogP contribution in [0, 0.1) is 0 Å². The van der Waals surface area contributed by atoms with Gasteiger partial charge in [-0.25, -0.2) is 4.79 Å². The van der Waals surface area contributed by atoms with Crippen LogP contribution in [0.5, 0.6) is 11.5 Å². The fraction of sp³-hybridized carbons (Fsp3) is 0.261. The van der Waals surface area contributed by atoms with Crippen LogP contribution in [0.1, 0.15) is 23.6 Å². The lowest BCUT2D eigenvalue weighted by Crippen LogP contribution is -2.66. The van der Waals surface area contributed by atoms with Gasteiger partial charge >= 0.3 is 11.9 Å². The van der Waals surface area contributed by atoms with Crippen LogP contribution < -0.4 is 15.8 Å². The van der Waals surface area contributed by atoms with Gasteiger partial charge in [-0.15, -0.1) is 0 Å². The third-order valence-corrected chi connectivity index (χ3v) is 5.48. The van der Waals surface area contributed by atoms with Crippen molar-refractivity contribution in [2.75, 3.05) is 13.2 Å². The number of carboxylic acids is 2. The van der Waals surface area contributed by atoms with Crippen molar-refractivity contribution in [1.29, 1.82) is 0 Å². The van der Waals surface area contributed by atoms with E-state index in [1.54, 1.807) is 0 Å². The predicted octanol–water partition coefficient (Wildman–Crippen LogP) is -0.0958. The molecule has 36 heavy (non-hydrogen) atoms. The highest BCUT2D eigenvalue weighted by atomic mass is 16.5. The lowest BCUT2D eigenvalue weighted by atomic mass is 9.97. The molecule has 0 aliphatic carbocycles. The standard InChI is InChI=1S/C23H24N4O9/c24-16(22(31)32)9-10-36-15-7-3-12(4-8-15)18(26-35)20(29)25-17-11-27(21(17)30)19(23(33)34)13-1-5-14(28)6-2-13/h1-8,16-17,19,28,35H,9-11,24H2,(H,25,29)(H,31,32)(H,33,34)/t16-,17+,19-/m0/s1. The zero-order valence-corrected chi connectivity index (χ0v) is 18.8. The molecule has 3 rings (SSSR count). The molecule has 0 saturated carbocycles. The van der Waals surface area contributed by atoms with Gasteiger partial charge in [-0.2, -0.15) is 0 Å². The van der Waals surface area contributed by atoms with Gasteiger partial charge in [0.15, 0.2) is 11.8 Å². The molecule has 13 nitrogen and oxygen atoms in total. The number of benzene rings is 2. The lowest BCUT2D eigenvalue weighted by Gasteiger charge is -2.42. The van der Waals surface area contributed by atoms with Gasteiger partial charge in [0.2, 0.25) is 5.91 Å². The number of nitrogens with two attached hydrogens (primary N) is 1.